The van der Waals surface area contributed by atoms with Gasteiger partial charge in [-0.15, -0.1) is 0 Å². The normalized spacial score (nSPS) is 14.2. The topological polar surface area (TPSA) is 80.2 Å². The minimum absolute atomic E-state index is 0.102. The average Bonchev–Trinajstić information content (AvgIpc) is 3.19. The molecule has 1 saturated heterocycles. The number of aromatic nitrogens is 3. The lowest BCUT2D eigenvalue weighted by atomic mass is 10.1. The first-order chi connectivity index (χ1) is 14.2. The van der Waals surface area contributed by atoms with Crippen LogP contribution in [0.1, 0.15) is 26.2 Å². The number of anilines is 2. The number of para-hydroxylation sites is 2. The molecule has 0 spiro atoms. The SMILES string of the molecule is CCOc1ccccc1NC(=O)CSc1ncnc2nc(N3CCCCC3)sc12. The van der Waals surface area contributed by atoms with E-state index in [9.17, 15) is 4.79 Å². The minimum Gasteiger partial charge on any atom is -0.492 e. The molecule has 0 aliphatic carbocycles. The van der Waals surface area contributed by atoms with Gasteiger partial charge in [0.25, 0.3) is 0 Å². The van der Waals surface area contributed by atoms with Crippen LogP contribution in [0.15, 0.2) is 35.6 Å². The van der Waals surface area contributed by atoms with Gasteiger partial charge in [-0.2, -0.15) is 4.98 Å². The van der Waals surface area contributed by atoms with Gasteiger partial charge in [-0.05, 0) is 38.3 Å². The highest BCUT2D eigenvalue weighted by molar-refractivity contribution is 8.00. The number of rotatable bonds is 7. The summed E-state index contributed by atoms with van der Waals surface area (Å²) in [7, 11) is 0. The molecule has 1 aliphatic rings. The molecule has 1 aromatic carbocycles. The number of fused-ring (bicyclic) bond motifs is 1. The second-order valence-electron chi connectivity index (χ2n) is 6.64. The van der Waals surface area contributed by atoms with Gasteiger partial charge < -0.3 is 15.0 Å². The molecule has 29 heavy (non-hydrogen) atoms. The summed E-state index contributed by atoms with van der Waals surface area (Å²) in [5.41, 5.74) is 1.38. The Balaban J connectivity index is 1.44. The molecule has 1 amide bonds. The van der Waals surface area contributed by atoms with Crippen LogP contribution < -0.4 is 15.0 Å². The monoisotopic (exact) mass is 429 g/mol. The van der Waals surface area contributed by atoms with E-state index in [0.29, 0.717) is 23.7 Å². The number of carbonyl (C=O) groups excluding carboxylic acids is 1. The summed E-state index contributed by atoms with van der Waals surface area (Å²) >= 11 is 3.02. The van der Waals surface area contributed by atoms with E-state index in [1.54, 1.807) is 11.3 Å². The van der Waals surface area contributed by atoms with Gasteiger partial charge in [-0.25, -0.2) is 9.97 Å². The third-order valence-electron chi connectivity index (χ3n) is 4.57. The Kier molecular flexibility index (Phi) is 6.46. The van der Waals surface area contributed by atoms with Crippen LogP contribution in [-0.2, 0) is 4.79 Å². The molecule has 1 N–H and O–H groups in total. The van der Waals surface area contributed by atoms with Gasteiger partial charge in [0, 0.05) is 13.1 Å². The van der Waals surface area contributed by atoms with Crippen LogP contribution in [0.25, 0.3) is 10.3 Å². The van der Waals surface area contributed by atoms with Crippen LogP contribution in [-0.4, -0.2) is 46.3 Å². The molecule has 1 fully saturated rings. The maximum atomic E-state index is 12.5. The van der Waals surface area contributed by atoms with Crippen molar-refractivity contribution in [3.63, 3.8) is 0 Å². The van der Waals surface area contributed by atoms with E-state index in [1.807, 2.05) is 31.2 Å². The summed E-state index contributed by atoms with van der Waals surface area (Å²) in [5, 5.41) is 4.71. The minimum atomic E-state index is -0.102. The van der Waals surface area contributed by atoms with Gasteiger partial charge in [-0.3, -0.25) is 4.79 Å². The lowest BCUT2D eigenvalue weighted by Crippen LogP contribution is -2.29. The smallest absolute Gasteiger partial charge is 0.234 e. The summed E-state index contributed by atoms with van der Waals surface area (Å²) < 4.78 is 6.51. The quantitative estimate of drug-likeness (QED) is 0.445. The standard InChI is InChI=1S/C20H23N5O2S2/c1-2-27-15-9-5-4-8-14(15)23-16(26)12-28-19-17-18(21-13-22-19)24-20(29-17)25-10-6-3-7-11-25/h4-5,8-9,13H,2-3,6-7,10-12H2,1H3,(H,23,26). The van der Waals surface area contributed by atoms with E-state index < -0.39 is 0 Å². The summed E-state index contributed by atoms with van der Waals surface area (Å²) in [6.07, 6.45) is 5.20. The van der Waals surface area contributed by atoms with Crippen LogP contribution in [0.5, 0.6) is 5.75 Å². The van der Waals surface area contributed by atoms with Crippen molar-refractivity contribution in [1.82, 2.24) is 15.0 Å². The number of carbonyl (C=O) groups is 1. The molecule has 7 nitrogen and oxygen atoms in total. The number of hydrogen-bond acceptors (Lipinski definition) is 8. The Morgan fingerprint density at radius 1 is 1.24 bits per heavy atom. The van der Waals surface area contributed by atoms with Crippen molar-refractivity contribution < 1.29 is 9.53 Å². The lowest BCUT2D eigenvalue weighted by molar-refractivity contribution is -0.113. The molecule has 152 valence electrons. The van der Waals surface area contributed by atoms with Crippen molar-refractivity contribution in [3.8, 4) is 5.75 Å². The van der Waals surface area contributed by atoms with Gasteiger partial charge in [0.15, 0.2) is 10.8 Å². The molecule has 0 unspecified atom stereocenters. The van der Waals surface area contributed by atoms with Gasteiger partial charge >= 0.3 is 0 Å². The lowest BCUT2D eigenvalue weighted by Gasteiger charge is -2.25. The number of benzene rings is 1. The van der Waals surface area contributed by atoms with Crippen molar-refractivity contribution in [2.45, 2.75) is 31.2 Å². The fraction of sp³-hybridized carbons (Fsp3) is 0.400. The fourth-order valence-electron chi connectivity index (χ4n) is 3.22. The zero-order chi connectivity index (χ0) is 20.1. The van der Waals surface area contributed by atoms with Crippen molar-refractivity contribution in [1.29, 1.82) is 0 Å². The van der Waals surface area contributed by atoms with Crippen molar-refractivity contribution in [2.24, 2.45) is 0 Å². The Hall–Kier alpha value is -2.39. The van der Waals surface area contributed by atoms with E-state index >= 15 is 0 Å². The maximum absolute atomic E-state index is 12.5. The molecular formula is C20H23N5O2S2. The van der Waals surface area contributed by atoms with Crippen LogP contribution in [0, 0.1) is 0 Å². The fourth-order valence-corrected chi connectivity index (χ4v) is 5.16. The molecular weight excluding hydrogens is 406 g/mol. The van der Waals surface area contributed by atoms with Crippen LogP contribution >= 0.6 is 23.1 Å². The summed E-state index contributed by atoms with van der Waals surface area (Å²) in [5.74, 6) is 0.824. The molecule has 2 aromatic heterocycles. The van der Waals surface area contributed by atoms with Crippen LogP contribution in [0.3, 0.4) is 0 Å². The number of thiazole rings is 1. The van der Waals surface area contributed by atoms with E-state index in [1.165, 1.54) is 37.4 Å². The van der Waals surface area contributed by atoms with Gasteiger partial charge in [-0.1, -0.05) is 35.2 Å². The Labute approximate surface area is 177 Å². The predicted molar refractivity (Wildman–Crippen MR) is 118 cm³/mol. The highest BCUT2D eigenvalue weighted by atomic mass is 32.2. The Morgan fingerprint density at radius 2 is 2.07 bits per heavy atom. The van der Waals surface area contributed by atoms with Crippen LogP contribution in [0.4, 0.5) is 10.8 Å². The van der Waals surface area contributed by atoms with Crippen LogP contribution in [0.2, 0.25) is 0 Å². The summed E-state index contributed by atoms with van der Waals surface area (Å²) in [6, 6.07) is 7.44. The zero-order valence-electron chi connectivity index (χ0n) is 16.3. The van der Waals surface area contributed by atoms with Crippen molar-refractivity contribution in [2.75, 3.05) is 35.7 Å². The number of thioether (sulfide) groups is 1. The number of nitrogens with one attached hydrogen (secondary N) is 1. The van der Waals surface area contributed by atoms with E-state index in [-0.39, 0.29) is 11.7 Å². The maximum Gasteiger partial charge on any atom is 0.234 e. The highest BCUT2D eigenvalue weighted by Crippen LogP contribution is 2.34. The van der Waals surface area contributed by atoms with E-state index in [0.717, 1.165) is 27.9 Å². The predicted octanol–water partition coefficient (Wildman–Crippen LogP) is 4.21. The third kappa shape index (κ3) is 4.79. The first kappa shape index (κ1) is 19.9. The molecule has 0 bridgehead atoms. The molecule has 3 aromatic rings. The second-order valence-corrected chi connectivity index (χ2v) is 8.58. The van der Waals surface area contributed by atoms with Gasteiger partial charge in [0.1, 0.15) is 21.8 Å². The molecule has 3 heterocycles. The van der Waals surface area contributed by atoms with Gasteiger partial charge in [0.2, 0.25) is 5.91 Å². The zero-order valence-corrected chi connectivity index (χ0v) is 17.9. The Morgan fingerprint density at radius 3 is 2.90 bits per heavy atom. The number of piperidine rings is 1. The third-order valence-corrected chi connectivity index (χ3v) is 6.81. The number of ether oxygens (including phenoxy) is 1. The number of amides is 1. The highest BCUT2D eigenvalue weighted by Gasteiger charge is 2.18. The molecule has 4 rings (SSSR count). The average molecular weight is 430 g/mol. The number of hydrogen-bond donors (Lipinski definition) is 1. The molecule has 1 aliphatic heterocycles. The molecule has 0 radical (unpaired) electrons. The second kappa shape index (κ2) is 9.41. The first-order valence-electron chi connectivity index (χ1n) is 9.75. The van der Waals surface area contributed by atoms with Crippen molar-refractivity contribution >= 4 is 50.2 Å². The van der Waals surface area contributed by atoms with E-state index in [4.69, 9.17) is 4.74 Å². The largest absolute Gasteiger partial charge is 0.492 e. The summed E-state index contributed by atoms with van der Waals surface area (Å²) in [4.78, 5) is 28.2. The first-order valence-corrected chi connectivity index (χ1v) is 11.6. The molecule has 9 heteroatoms. The van der Waals surface area contributed by atoms with Crippen molar-refractivity contribution in [3.05, 3.63) is 30.6 Å². The van der Waals surface area contributed by atoms with E-state index in [2.05, 4.69) is 25.2 Å². The molecule has 0 atom stereocenters. The summed E-state index contributed by atoms with van der Waals surface area (Å²) in [6.45, 7) is 4.54. The molecule has 0 saturated carbocycles. The Bertz CT molecular complexity index is 988. The number of nitrogens with zero attached hydrogens (tertiary/aromatic N) is 4. The van der Waals surface area contributed by atoms with Gasteiger partial charge in [0.05, 0.1) is 18.0 Å².